The van der Waals surface area contributed by atoms with Gasteiger partial charge in [-0.05, 0) is 18.6 Å². The van der Waals surface area contributed by atoms with E-state index in [4.69, 9.17) is 16.3 Å². The summed E-state index contributed by atoms with van der Waals surface area (Å²) in [6, 6.07) is 3.19. The van der Waals surface area contributed by atoms with E-state index < -0.39 is 11.9 Å². The lowest BCUT2D eigenvalue weighted by Crippen LogP contribution is -2.44. The maximum atomic E-state index is 11.2. The second-order valence-electron chi connectivity index (χ2n) is 4.46. The van der Waals surface area contributed by atoms with E-state index in [0.29, 0.717) is 24.1 Å². The molecule has 0 aliphatic carbocycles. The molecule has 1 aliphatic rings. The van der Waals surface area contributed by atoms with Crippen LogP contribution in [0.1, 0.15) is 13.3 Å². The van der Waals surface area contributed by atoms with Crippen molar-refractivity contribution >= 4 is 23.4 Å². The fourth-order valence-corrected chi connectivity index (χ4v) is 2.34. The van der Waals surface area contributed by atoms with Crippen molar-refractivity contribution in [3.05, 3.63) is 17.3 Å². The van der Waals surface area contributed by atoms with Crippen molar-refractivity contribution in [3.63, 3.8) is 0 Å². The average molecular weight is 286 g/mol. The van der Waals surface area contributed by atoms with Crippen LogP contribution in [0.15, 0.2) is 12.1 Å². The maximum Gasteiger partial charge on any atom is 0.311 e. The summed E-state index contributed by atoms with van der Waals surface area (Å²) in [6.07, 6.45) is 0.882. The van der Waals surface area contributed by atoms with Crippen molar-refractivity contribution in [2.75, 3.05) is 24.7 Å². The number of rotatable bonds is 5. The first kappa shape index (κ1) is 14.0. The molecule has 104 valence electrons. The number of carboxylic acids is 1. The van der Waals surface area contributed by atoms with Crippen molar-refractivity contribution in [2.45, 2.75) is 19.4 Å². The quantitative estimate of drug-likeness (QED) is 0.882. The molecule has 0 bridgehead atoms. The van der Waals surface area contributed by atoms with Crippen molar-refractivity contribution in [1.29, 1.82) is 0 Å². The Labute approximate surface area is 116 Å². The smallest absolute Gasteiger partial charge is 0.311 e. The Balaban J connectivity index is 2.24. The molecule has 2 rings (SSSR count). The predicted molar refractivity (Wildman–Crippen MR) is 70.4 cm³/mol. The first-order chi connectivity index (χ1) is 9.13. The molecule has 0 radical (unpaired) electrons. The molecule has 2 heterocycles. The van der Waals surface area contributed by atoms with E-state index in [-0.39, 0.29) is 12.6 Å². The van der Waals surface area contributed by atoms with Gasteiger partial charge in [0.05, 0.1) is 19.3 Å². The summed E-state index contributed by atoms with van der Waals surface area (Å²) in [5, 5.41) is 17.4. The highest BCUT2D eigenvalue weighted by molar-refractivity contribution is 6.29. The van der Waals surface area contributed by atoms with Crippen LogP contribution in [0.3, 0.4) is 0 Å². The second-order valence-corrected chi connectivity index (χ2v) is 4.84. The fraction of sp³-hybridized carbons (Fsp3) is 0.583. The normalized spacial score (nSPS) is 22.4. The molecule has 1 aromatic heterocycles. The van der Waals surface area contributed by atoms with Gasteiger partial charge in [0.1, 0.15) is 5.92 Å². The van der Waals surface area contributed by atoms with Gasteiger partial charge in [-0.15, -0.1) is 10.2 Å². The molecule has 2 unspecified atom stereocenters. The number of halogens is 1. The minimum absolute atomic E-state index is 0.215. The highest BCUT2D eigenvalue weighted by atomic mass is 35.5. The van der Waals surface area contributed by atoms with Crippen LogP contribution in [0.25, 0.3) is 0 Å². The summed E-state index contributed by atoms with van der Waals surface area (Å²) < 4.78 is 5.31. The van der Waals surface area contributed by atoms with Crippen LogP contribution in [0, 0.1) is 5.92 Å². The Bertz CT molecular complexity index is 440. The summed E-state index contributed by atoms with van der Waals surface area (Å²) in [6.45, 7) is 3.36. The third kappa shape index (κ3) is 3.13. The van der Waals surface area contributed by atoms with Gasteiger partial charge in [-0.1, -0.05) is 18.5 Å². The number of ether oxygens (including phenoxy) is 1. The lowest BCUT2D eigenvalue weighted by molar-refractivity contribution is -0.142. The zero-order valence-corrected chi connectivity index (χ0v) is 11.4. The highest BCUT2D eigenvalue weighted by Crippen LogP contribution is 2.25. The van der Waals surface area contributed by atoms with E-state index in [1.807, 2.05) is 11.8 Å². The standard InChI is InChI=1S/C12H16ClN3O3/c1-2-5-16(11-4-3-10(13)14-15-11)9-7-19-6-8(9)12(17)18/h3-4,8-9H,2,5-7H2,1H3,(H,17,18). The van der Waals surface area contributed by atoms with Crippen LogP contribution in [-0.4, -0.2) is 47.1 Å². The molecular formula is C12H16ClN3O3. The minimum Gasteiger partial charge on any atom is -0.481 e. The minimum atomic E-state index is -0.842. The monoisotopic (exact) mass is 285 g/mol. The summed E-state index contributed by atoms with van der Waals surface area (Å²) >= 11 is 5.72. The summed E-state index contributed by atoms with van der Waals surface area (Å²) in [5.74, 6) is -0.748. The average Bonchev–Trinajstić information content (AvgIpc) is 2.86. The molecule has 7 heteroatoms. The van der Waals surface area contributed by atoms with Crippen molar-refractivity contribution in [2.24, 2.45) is 5.92 Å². The molecule has 0 aromatic carbocycles. The third-order valence-corrected chi connectivity index (χ3v) is 3.35. The fourth-order valence-electron chi connectivity index (χ4n) is 2.24. The van der Waals surface area contributed by atoms with Gasteiger partial charge in [-0.25, -0.2) is 0 Å². The van der Waals surface area contributed by atoms with Crippen LogP contribution in [0.5, 0.6) is 0 Å². The van der Waals surface area contributed by atoms with Gasteiger partial charge < -0.3 is 14.7 Å². The van der Waals surface area contributed by atoms with Gasteiger partial charge in [-0.2, -0.15) is 0 Å². The molecule has 0 spiro atoms. The Morgan fingerprint density at radius 1 is 1.53 bits per heavy atom. The second kappa shape index (κ2) is 6.16. The number of carbonyl (C=O) groups is 1. The largest absolute Gasteiger partial charge is 0.481 e. The Morgan fingerprint density at radius 2 is 2.32 bits per heavy atom. The molecule has 1 saturated heterocycles. The molecular weight excluding hydrogens is 270 g/mol. The van der Waals surface area contributed by atoms with E-state index in [1.54, 1.807) is 12.1 Å². The molecule has 1 aliphatic heterocycles. The molecule has 6 nitrogen and oxygen atoms in total. The molecule has 0 saturated carbocycles. The third-order valence-electron chi connectivity index (χ3n) is 3.14. The maximum absolute atomic E-state index is 11.2. The Morgan fingerprint density at radius 3 is 2.89 bits per heavy atom. The summed E-state index contributed by atoms with van der Waals surface area (Å²) in [7, 11) is 0. The lowest BCUT2D eigenvalue weighted by atomic mass is 10.0. The predicted octanol–water partition coefficient (Wildman–Crippen LogP) is 1.45. The van der Waals surface area contributed by atoms with Crippen molar-refractivity contribution < 1.29 is 14.6 Å². The van der Waals surface area contributed by atoms with Crippen molar-refractivity contribution in [1.82, 2.24) is 10.2 Å². The van der Waals surface area contributed by atoms with Crippen LogP contribution < -0.4 is 4.90 Å². The van der Waals surface area contributed by atoms with Crippen LogP contribution in [0.4, 0.5) is 5.82 Å². The number of hydrogen-bond donors (Lipinski definition) is 1. The van der Waals surface area contributed by atoms with Gasteiger partial charge in [0.2, 0.25) is 0 Å². The van der Waals surface area contributed by atoms with E-state index in [1.165, 1.54) is 0 Å². The SMILES string of the molecule is CCCN(c1ccc(Cl)nn1)C1COCC1C(=O)O. The molecule has 2 atom stereocenters. The van der Waals surface area contributed by atoms with Gasteiger partial charge in [0.15, 0.2) is 11.0 Å². The lowest BCUT2D eigenvalue weighted by Gasteiger charge is -2.30. The van der Waals surface area contributed by atoms with E-state index in [2.05, 4.69) is 10.2 Å². The number of aliphatic carboxylic acids is 1. The first-order valence-electron chi connectivity index (χ1n) is 6.20. The van der Waals surface area contributed by atoms with Crippen LogP contribution >= 0.6 is 11.6 Å². The van der Waals surface area contributed by atoms with Gasteiger partial charge in [0.25, 0.3) is 0 Å². The molecule has 1 aromatic rings. The van der Waals surface area contributed by atoms with Gasteiger partial charge in [0, 0.05) is 6.54 Å². The van der Waals surface area contributed by atoms with E-state index in [0.717, 1.165) is 6.42 Å². The summed E-state index contributed by atoms with van der Waals surface area (Å²) in [5.41, 5.74) is 0. The topological polar surface area (TPSA) is 75.5 Å². The zero-order valence-electron chi connectivity index (χ0n) is 10.6. The zero-order chi connectivity index (χ0) is 13.8. The number of hydrogen-bond acceptors (Lipinski definition) is 5. The van der Waals surface area contributed by atoms with Crippen molar-refractivity contribution in [3.8, 4) is 0 Å². The van der Waals surface area contributed by atoms with Gasteiger partial charge >= 0.3 is 5.97 Å². The number of aromatic nitrogens is 2. The highest BCUT2D eigenvalue weighted by Gasteiger charge is 2.38. The van der Waals surface area contributed by atoms with E-state index >= 15 is 0 Å². The van der Waals surface area contributed by atoms with Crippen LogP contribution in [-0.2, 0) is 9.53 Å². The van der Waals surface area contributed by atoms with E-state index in [9.17, 15) is 9.90 Å². The Kier molecular flexibility index (Phi) is 4.55. The molecule has 19 heavy (non-hydrogen) atoms. The number of anilines is 1. The molecule has 1 fully saturated rings. The number of carboxylic acid groups (broad SMARTS) is 1. The van der Waals surface area contributed by atoms with Gasteiger partial charge in [-0.3, -0.25) is 4.79 Å². The Hall–Kier alpha value is -1.40. The summed E-state index contributed by atoms with van der Waals surface area (Å²) in [4.78, 5) is 13.2. The van der Waals surface area contributed by atoms with Crippen LogP contribution in [0.2, 0.25) is 5.15 Å². The molecule has 0 amide bonds. The molecule has 1 N–H and O–H groups in total. The first-order valence-corrected chi connectivity index (χ1v) is 6.57. The number of nitrogens with zero attached hydrogens (tertiary/aromatic N) is 3.